The Bertz CT molecular complexity index is 688. The van der Waals surface area contributed by atoms with Crippen LogP contribution in [0.25, 0.3) is 6.08 Å². The van der Waals surface area contributed by atoms with Gasteiger partial charge in [0.2, 0.25) is 0 Å². The third-order valence-electron chi connectivity index (χ3n) is 2.78. The van der Waals surface area contributed by atoms with Crippen molar-refractivity contribution >= 4 is 46.8 Å². The summed E-state index contributed by atoms with van der Waals surface area (Å²) in [6, 6.07) is 4.31. The number of amides is 2. The van der Waals surface area contributed by atoms with Crippen LogP contribution in [0.4, 0.5) is 4.39 Å². The topological polar surface area (TPSA) is 49.4 Å². The summed E-state index contributed by atoms with van der Waals surface area (Å²) >= 11 is 10.6. The second kappa shape index (κ2) is 6.15. The molecule has 1 saturated heterocycles. The third-order valence-corrected chi connectivity index (χ3v) is 3.39. The minimum atomic E-state index is -0.698. The number of nitrogens with zero attached hydrogens (tertiary/aromatic N) is 1. The molecule has 0 aliphatic carbocycles. The minimum Gasteiger partial charge on any atom is -0.298 e. The van der Waals surface area contributed by atoms with Crippen LogP contribution in [0, 0.1) is 5.82 Å². The maximum atomic E-state index is 13.9. The number of carbonyl (C=O) groups excluding carboxylic acids is 2. The molecule has 0 atom stereocenters. The first-order valence-corrected chi connectivity index (χ1v) is 6.68. The van der Waals surface area contributed by atoms with Crippen LogP contribution in [0.2, 0.25) is 5.02 Å². The van der Waals surface area contributed by atoms with Crippen LogP contribution < -0.4 is 5.32 Å². The first kappa shape index (κ1) is 15.3. The zero-order chi connectivity index (χ0) is 15.6. The van der Waals surface area contributed by atoms with Crippen molar-refractivity contribution in [3.63, 3.8) is 0 Å². The molecule has 1 aliphatic heterocycles. The smallest absolute Gasteiger partial charge is 0.265 e. The Labute approximate surface area is 130 Å². The van der Waals surface area contributed by atoms with Crippen molar-refractivity contribution < 1.29 is 14.0 Å². The summed E-state index contributed by atoms with van der Waals surface area (Å²) in [6.45, 7) is 3.66. The van der Waals surface area contributed by atoms with E-state index in [1.807, 2.05) is 0 Å². The third kappa shape index (κ3) is 3.01. The van der Waals surface area contributed by atoms with Crippen molar-refractivity contribution in [2.75, 3.05) is 6.54 Å². The quantitative estimate of drug-likeness (QED) is 0.402. The van der Waals surface area contributed by atoms with Gasteiger partial charge in [0.25, 0.3) is 11.8 Å². The SMILES string of the molecule is C=CCN1C(=O)C(=Cc2cccc(Cl)c2F)C(=O)NC1=S. The molecule has 2 rings (SSSR count). The highest BCUT2D eigenvalue weighted by atomic mass is 35.5. The van der Waals surface area contributed by atoms with E-state index in [4.69, 9.17) is 23.8 Å². The van der Waals surface area contributed by atoms with E-state index in [0.717, 1.165) is 11.0 Å². The molecular weight excluding hydrogens is 315 g/mol. The zero-order valence-corrected chi connectivity index (χ0v) is 12.3. The van der Waals surface area contributed by atoms with Crippen molar-refractivity contribution in [1.29, 1.82) is 0 Å². The van der Waals surface area contributed by atoms with Crippen molar-refractivity contribution in [2.45, 2.75) is 0 Å². The molecule has 1 aromatic carbocycles. The standard InChI is InChI=1S/C14H10ClFN2O2S/c1-2-6-18-13(20)9(12(19)17-14(18)21)7-8-4-3-5-10(15)11(8)16/h2-5,7H,1,6H2,(H,17,19,21). The lowest BCUT2D eigenvalue weighted by molar-refractivity contribution is -0.128. The van der Waals surface area contributed by atoms with Gasteiger partial charge in [0, 0.05) is 12.1 Å². The average Bonchev–Trinajstić information content (AvgIpc) is 2.44. The molecule has 0 aromatic heterocycles. The minimum absolute atomic E-state index is 0.00591. The van der Waals surface area contributed by atoms with Gasteiger partial charge < -0.3 is 0 Å². The largest absolute Gasteiger partial charge is 0.298 e. The van der Waals surface area contributed by atoms with Gasteiger partial charge in [-0.25, -0.2) is 4.39 Å². The van der Waals surface area contributed by atoms with Gasteiger partial charge in [-0.1, -0.05) is 29.8 Å². The Kier molecular flexibility index (Phi) is 4.50. The van der Waals surface area contributed by atoms with Crippen LogP contribution in [-0.4, -0.2) is 28.4 Å². The number of benzene rings is 1. The molecule has 21 heavy (non-hydrogen) atoms. The Morgan fingerprint density at radius 2 is 2.14 bits per heavy atom. The van der Waals surface area contributed by atoms with Gasteiger partial charge in [-0.05, 0) is 24.4 Å². The van der Waals surface area contributed by atoms with Crippen molar-refractivity contribution in [1.82, 2.24) is 10.2 Å². The summed E-state index contributed by atoms with van der Waals surface area (Å²) in [4.78, 5) is 25.3. The molecule has 1 N–H and O–H groups in total. The van der Waals surface area contributed by atoms with Gasteiger partial charge in [-0.3, -0.25) is 19.8 Å². The van der Waals surface area contributed by atoms with Crippen LogP contribution in [0.3, 0.4) is 0 Å². The molecule has 108 valence electrons. The molecular formula is C14H10ClFN2O2S. The van der Waals surface area contributed by atoms with Crippen LogP contribution in [0.15, 0.2) is 36.4 Å². The van der Waals surface area contributed by atoms with Gasteiger partial charge >= 0.3 is 0 Å². The highest BCUT2D eigenvalue weighted by Gasteiger charge is 2.32. The van der Waals surface area contributed by atoms with E-state index in [1.165, 1.54) is 24.3 Å². The number of rotatable bonds is 3. The van der Waals surface area contributed by atoms with E-state index < -0.39 is 17.6 Å². The molecule has 7 heteroatoms. The number of nitrogens with one attached hydrogen (secondary N) is 1. The normalized spacial score (nSPS) is 17.1. The molecule has 1 fully saturated rings. The summed E-state index contributed by atoms with van der Waals surface area (Å²) in [5.74, 6) is -1.98. The van der Waals surface area contributed by atoms with Crippen molar-refractivity contribution in [3.05, 3.63) is 52.8 Å². The van der Waals surface area contributed by atoms with E-state index in [0.29, 0.717) is 0 Å². The highest BCUT2D eigenvalue weighted by Crippen LogP contribution is 2.21. The molecule has 1 aliphatic rings. The molecule has 1 aromatic rings. The molecule has 0 saturated carbocycles. The Balaban J connectivity index is 2.45. The van der Waals surface area contributed by atoms with Crippen LogP contribution in [0.5, 0.6) is 0 Å². The van der Waals surface area contributed by atoms with Gasteiger partial charge in [-0.15, -0.1) is 6.58 Å². The molecule has 1 heterocycles. The summed E-state index contributed by atoms with van der Waals surface area (Å²) in [7, 11) is 0. The second-order valence-corrected chi connectivity index (χ2v) is 4.96. The van der Waals surface area contributed by atoms with Gasteiger partial charge in [-0.2, -0.15) is 0 Å². The van der Waals surface area contributed by atoms with Crippen LogP contribution >= 0.6 is 23.8 Å². The van der Waals surface area contributed by atoms with E-state index >= 15 is 0 Å². The fourth-order valence-corrected chi connectivity index (χ4v) is 2.21. The summed E-state index contributed by atoms with van der Waals surface area (Å²) in [6.07, 6.45) is 2.62. The lowest BCUT2D eigenvalue weighted by Crippen LogP contribution is -2.53. The first-order chi connectivity index (χ1) is 9.95. The number of halogens is 2. The van der Waals surface area contributed by atoms with E-state index in [1.54, 1.807) is 0 Å². The highest BCUT2D eigenvalue weighted by molar-refractivity contribution is 7.80. The second-order valence-electron chi connectivity index (χ2n) is 4.16. The van der Waals surface area contributed by atoms with E-state index in [2.05, 4.69) is 11.9 Å². The lowest BCUT2D eigenvalue weighted by atomic mass is 10.1. The number of thiocarbonyl (C=S) groups is 1. The van der Waals surface area contributed by atoms with Gasteiger partial charge in [0.15, 0.2) is 5.11 Å². The lowest BCUT2D eigenvalue weighted by Gasteiger charge is -2.27. The number of carbonyl (C=O) groups is 2. The fraction of sp³-hybridized carbons (Fsp3) is 0.0714. The first-order valence-electron chi connectivity index (χ1n) is 5.89. The fourth-order valence-electron chi connectivity index (χ4n) is 1.78. The van der Waals surface area contributed by atoms with E-state index in [-0.39, 0.29) is 27.8 Å². The summed E-state index contributed by atoms with van der Waals surface area (Å²) in [5, 5.41) is 2.28. The molecule has 0 unspecified atom stereocenters. The predicted molar refractivity (Wildman–Crippen MR) is 82.0 cm³/mol. The Morgan fingerprint density at radius 3 is 2.81 bits per heavy atom. The van der Waals surface area contributed by atoms with Crippen molar-refractivity contribution in [3.8, 4) is 0 Å². The molecule has 2 amide bonds. The van der Waals surface area contributed by atoms with Crippen LogP contribution in [0.1, 0.15) is 5.56 Å². The van der Waals surface area contributed by atoms with Crippen LogP contribution in [-0.2, 0) is 9.59 Å². The molecule has 0 spiro atoms. The van der Waals surface area contributed by atoms with Gasteiger partial charge in [0.1, 0.15) is 11.4 Å². The molecule has 0 bridgehead atoms. The predicted octanol–water partition coefficient (Wildman–Crippen LogP) is 2.29. The zero-order valence-electron chi connectivity index (χ0n) is 10.7. The number of hydrogen-bond acceptors (Lipinski definition) is 3. The molecule has 0 radical (unpaired) electrons. The summed E-state index contributed by atoms with van der Waals surface area (Å²) < 4.78 is 13.9. The number of hydrogen-bond donors (Lipinski definition) is 1. The molecule has 4 nitrogen and oxygen atoms in total. The average molecular weight is 325 g/mol. The van der Waals surface area contributed by atoms with E-state index in [9.17, 15) is 14.0 Å². The summed E-state index contributed by atoms with van der Waals surface area (Å²) in [5.41, 5.74) is -0.168. The Hall–Kier alpha value is -2.05. The monoisotopic (exact) mass is 324 g/mol. The maximum absolute atomic E-state index is 13.9. The van der Waals surface area contributed by atoms with Crippen molar-refractivity contribution in [2.24, 2.45) is 0 Å². The van der Waals surface area contributed by atoms with Gasteiger partial charge in [0.05, 0.1) is 5.02 Å². The maximum Gasteiger partial charge on any atom is 0.265 e. The Morgan fingerprint density at radius 1 is 1.43 bits per heavy atom.